The highest BCUT2D eigenvalue weighted by molar-refractivity contribution is 7.85. The van der Waals surface area contributed by atoms with E-state index < -0.39 is 10.8 Å². The van der Waals surface area contributed by atoms with E-state index in [4.69, 9.17) is 14.1 Å². The molecule has 1 aromatic heterocycles. The maximum Gasteiger partial charge on any atom is 0.254 e. The summed E-state index contributed by atoms with van der Waals surface area (Å²) < 4.78 is 36.1. The van der Waals surface area contributed by atoms with Gasteiger partial charge >= 0.3 is 0 Å². The highest BCUT2D eigenvalue weighted by atomic mass is 32.2. The summed E-state index contributed by atoms with van der Waals surface area (Å²) in [5.41, 5.74) is 1.91. The van der Waals surface area contributed by atoms with Crippen LogP contribution >= 0.6 is 0 Å². The molecule has 0 bridgehead atoms. The van der Waals surface area contributed by atoms with Crippen LogP contribution in [0.2, 0.25) is 0 Å². The summed E-state index contributed by atoms with van der Waals surface area (Å²) >= 11 is 0. The summed E-state index contributed by atoms with van der Waals surface area (Å²) in [6.07, 6.45) is 1.71. The van der Waals surface area contributed by atoms with Gasteiger partial charge in [-0.05, 0) is 17.3 Å². The molecule has 1 fully saturated rings. The molecule has 0 radical (unpaired) electrons. The van der Waals surface area contributed by atoms with Crippen molar-refractivity contribution in [2.24, 2.45) is 5.16 Å². The van der Waals surface area contributed by atoms with E-state index in [1.165, 1.54) is 12.3 Å². The van der Waals surface area contributed by atoms with E-state index in [2.05, 4.69) is 10.3 Å². The standard InChI is InChI=1S/C17H18FN3O4S/c18-14-9-12(1-2-16(14)21-4-7-26(22)8-5-21)15-10-13(25-19-15)11-23-17-3-6-24-20-17/h1-3,6,9,13H,4-5,7-8,10-11H2. The van der Waals surface area contributed by atoms with Gasteiger partial charge in [0.1, 0.15) is 18.7 Å². The number of anilines is 1. The van der Waals surface area contributed by atoms with E-state index in [0.29, 0.717) is 53.9 Å². The van der Waals surface area contributed by atoms with E-state index >= 15 is 0 Å². The SMILES string of the molecule is O=S1CCN(c2ccc(C3=NOC(COc4ccon4)C3)cc2F)CC1. The van der Waals surface area contributed by atoms with Gasteiger partial charge in [0.05, 0.1) is 11.4 Å². The Hall–Kier alpha value is -2.42. The Balaban J connectivity index is 1.37. The minimum absolute atomic E-state index is 0.249. The van der Waals surface area contributed by atoms with Crippen LogP contribution in [0.5, 0.6) is 5.88 Å². The molecular formula is C17H18FN3O4S. The van der Waals surface area contributed by atoms with Crippen molar-refractivity contribution in [1.29, 1.82) is 0 Å². The average Bonchev–Trinajstić information content (AvgIpc) is 3.33. The summed E-state index contributed by atoms with van der Waals surface area (Å²) in [6.45, 7) is 1.49. The number of aromatic nitrogens is 1. The highest BCUT2D eigenvalue weighted by Crippen LogP contribution is 2.25. The quantitative estimate of drug-likeness (QED) is 0.790. The molecule has 2 aliphatic rings. The number of hydrogen-bond acceptors (Lipinski definition) is 7. The van der Waals surface area contributed by atoms with Crippen molar-refractivity contribution in [3.63, 3.8) is 0 Å². The second-order valence-corrected chi connectivity index (χ2v) is 7.82. The number of halogens is 1. The Labute approximate surface area is 152 Å². The number of nitrogens with zero attached hydrogens (tertiary/aromatic N) is 3. The third-order valence-corrected chi connectivity index (χ3v) is 5.64. The summed E-state index contributed by atoms with van der Waals surface area (Å²) in [7, 11) is -0.787. The first-order chi connectivity index (χ1) is 12.7. The third kappa shape index (κ3) is 3.72. The molecule has 138 valence electrons. The van der Waals surface area contributed by atoms with Crippen molar-refractivity contribution in [2.45, 2.75) is 12.5 Å². The average molecular weight is 379 g/mol. The van der Waals surface area contributed by atoms with Crippen molar-refractivity contribution in [1.82, 2.24) is 5.16 Å². The van der Waals surface area contributed by atoms with Crippen LogP contribution in [-0.2, 0) is 15.6 Å². The summed E-state index contributed by atoms with van der Waals surface area (Å²) in [4.78, 5) is 7.29. The molecule has 0 N–H and O–H groups in total. The molecule has 1 saturated heterocycles. The molecular weight excluding hydrogens is 361 g/mol. The van der Waals surface area contributed by atoms with Crippen LogP contribution in [-0.4, -0.2) is 52.4 Å². The van der Waals surface area contributed by atoms with Gasteiger partial charge < -0.3 is 19.0 Å². The van der Waals surface area contributed by atoms with Gasteiger partial charge in [-0.1, -0.05) is 11.2 Å². The van der Waals surface area contributed by atoms with Crippen LogP contribution in [0.4, 0.5) is 10.1 Å². The van der Waals surface area contributed by atoms with Gasteiger partial charge in [-0.15, -0.1) is 0 Å². The lowest BCUT2D eigenvalue weighted by molar-refractivity contribution is 0.0446. The number of benzene rings is 1. The second kappa shape index (κ2) is 7.45. The molecule has 0 amide bonds. The largest absolute Gasteiger partial charge is 0.471 e. The van der Waals surface area contributed by atoms with Crippen LogP contribution in [0.1, 0.15) is 12.0 Å². The Bertz CT molecular complexity index is 817. The third-order valence-electron chi connectivity index (χ3n) is 4.36. The molecule has 1 aromatic carbocycles. The smallest absolute Gasteiger partial charge is 0.254 e. The van der Waals surface area contributed by atoms with E-state index in [1.807, 2.05) is 11.0 Å². The molecule has 2 aromatic rings. The fourth-order valence-corrected chi connectivity index (χ4v) is 4.02. The minimum atomic E-state index is -0.787. The van der Waals surface area contributed by atoms with Gasteiger partial charge in [-0.25, -0.2) is 4.39 Å². The van der Waals surface area contributed by atoms with Crippen LogP contribution in [0.3, 0.4) is 0 Å². The summed E-state index contributed by atoms with van der Waals surface area (Å²) in [5, 5.41) is 7.71. The van der Waals surface area contributed by atoms with Crippen LogP contribution in [0.25, 0.3) is 0 Å². The molecule has 1 atom stereocenters. The van der Waals surface area contributed by atoms with Crippen molar-refractivity contribution < 1.29 is 22.7 Å². The topological polar surface area (TPSA) is 77.2 Å². The summed E-state index contributed by atoms with van der Waals surface area (Å²) in [5.74, 6) is 1.24. The minimum Gasteiger partial charge on any atom is -0.471 e. The molecule has 2 aliphatic heterocycles. The first-order valence-electron chi connectivity index (χ1n) is 8.35. The zero-order chi connectivity index (χ0) is 17.9. The predicted octanol–water partition coefficient (Wildman–Crippen LogP) is 1.95. The van der Waals surface area contributed by atoms with Gasteiger partial charge in [0, 0.05) is 53.4 Å². The Morgan fingerprint density at radius 1 is 1.31 bits per heavy atom. The maximum atomic E-state index is 14.6. The summed E-state index contributed by atoms with van der Waals surface area (Å²) in [6, 6.07) is 6.68. The predicted molar refractivity (Wildman–Crippen MR) is 94.5 cm³/mol. The lowest BCUT2D eigenvalue weighted by Crippen LogP contribution is -2.38. The molecule has 4 rings (SSSR count). The number of ether oxygens (including phenoxy) is 1. The highest BCUT2D eigenvalue weighted by Gasteiger charge is 2.25. The number of rotatable bonds is 5. The number of hydrogen-bond donors (Lipinski definition) is 0. The van der Waals surface area contributed by atoms with E-state index in [0.717, 1.165) is 0 Å². The lowest BCUT2D eigenvalue weighted by Gasteiger charge is -2.28. The van der Waals surface area contributed by atoms with Crippen LogP contribution < -0.4 is 9.64 Å². The molecule has 9 heteroatoms. The zero-order valence-electron chi connectivity index (χ0n) is 14.0. The first-order valence-corrected chi connectivity index (χ1v) is 9.83. The molecule has 26 heavy (non-hydrogen) atoms. The van der Waals surface area contributed by atoms with Gasteiger partial charge in [-0.3, -0.25) is 4.21 Å². The second-order valence-electron chi connectivity index (χ2n) is 6.12. The van der Waals surface area contributed by atoms with Crippen molar-refractivity contribution in [3.05, 3.63) is 41.9 Å². The molecule has 7 nitrogen and oxygen atoms in total. The fraction of sp³-hybridized carbons (Fsp3) is 0.412. The van der Waals surface area contributed by atoms with Crippen molar-refractivity contribution >= 4 is 22.2 Å². The molecule has 0 aliphatic carbocycles. The normalized spacial score (nSPS) is 20.7. The molecule has 1 unspecified atom stereocenters. The Morgan fingerprint density at radius 2 is 2.15 bits per heavy atom. The van der Waals surface area contributed by atoms with Crippen LogP contribution in [0.15, 0.2) is 40.2 Å². The lowest BCUT2D eigenvalue weighted by atomic mass is 10.0. The monoisotopic (exact) mass is 379 g/mol. The van der Waals surface area contributed by atoms with Gasteiger partial charge in [0.2, 0.25) is 0 Å². The maximum absolute atomic E-state index is 14.6. The van der Waals surface area contributed by atoms with Crippen LogP contribution in [0, 0.1) is 5.82 Å². The van der Waals surface area contributed by atoms with E-state index in [1.54, 1.807) is 12.1 Å². The first kappa shape index (κ1) is 17.0. The Kier molecular flexibility index (Phi) is 4.87. The van der Waals surface area contributed by atoms with Crippen molar-refractivity contribution in [2.75, 3.05) is 36.1 Å². The van der Waals surface area contributed by atoms with E-state index in [9.17, 15) is 8.60 Å². The Morgan fingerprint density at radius 3 is 2.88 bits per heavy atom. The number of oxime groups is 1. The molecule has 0 saturated carbocycles. The van der Waals surface area contributed by atoms with E-state index in [-0.39, 0.29) is 18.5 Å². The van der Waals surface area contributed by atoms with Gasteiger partial charge in [0.15, 0.2) is 6.10 Å². The van der Waals surface area contributed by atoms with Gasteiger partial charge in [-0.2, -0.15) is 0 Å². The molecule has 3 heterocycles. The zero-order valence-corrected chi connectivity index (χ0v) is 14.8. The fourth-order valence-electron chi connectivity index (χ4n) is 2.96. The molecule has 0 spiro atoms. The van der Waals surface area contributed by atoms with Gasteiger partial charge in [0.25, 0.3) is 5.88 Å². The van der Waals surface area contributed by atoms with Crippen molar-refractivity contribution in [3.8, 4) is 5.88 Å².